The fraction of sp³-hybridized carbons (Fsp3) is 0.875. The van der Waals surface area contributed by atoms with Gasteiger partial charge in [0.2, 0.25) is 5.91 Å². The molecule has 0 aromatic rings. The van der Waals surface area contributed by atoms with Crippen molar-refractivity contribution >= 4 is 5.91 Å². The molecule has 13 heavy (non-hydrogen) atoms. The van der Waals surface area contributed by atoms with E-state index < -0.39 is 5.91 Å². The highest BCUT2D eigenvalue weighted by Crippen LogP contribution is 1.86. The number of unbranched alkanes of at least 4 members (excludes halogenated alkanes) is 1. The Morgan fingerprint density at radius 2 is 2.23 bits per heavy atom. The van der Waals surface area contributed by atoms with Crippen LogP contribution in [0, 0.1) is 0 Å². The third-order valence-corrected chi connectivity index (χ3v) is 1.31. The van der Waals surface area contributed by atoms with Crippen molar-refractivity contribution in [3.63, 3.8) is 0 Å². The third-order valence-electron chi connectivity index (χ3n) is 1.31. The van der Waals surface area contributed by atoms with E-state index in [0.717, 1.165) is 19.4 Å². The van der Waals surface area contributed by atoms with E-state index in [9.17, 15) is 4.79 Å². The van der Waals surface area contributed by atoms with Crippen LogP contribution >= 0.6 is 0 Å². The molecule has 0 aliphatic heterocycles. The number of nitrogens with two attached hydrogens (primary N) is 1. The predicted molar refractivity (Wildman–Crippen MR) is 48.9 cm³/mol. The summed E-state index contributed by atoms with van der Waals surface area (Å²) in [6, 6.07) is 0. The second-order valence-corrected chi connectivity index (χ2v) is 2.62. The molecule has 0 saturated carbocycles. The van der Waals surface area contributed by atoms with Crippen LogP contribution in [0.25, 0.3) is 0 Å². The number of nitrogens with one attached hydrogen (secondary N) is 1. The van der Waals surface area contributed by atoms with E-state index >= 15 is 0 Å². The molecule has 0 spiro atoms. The van der Waals surface area contributed by atoms with Gasteiger partial charge in [-0.25, -0.2) is 0 Å². The molecule has 0 aliphatic rings. The van der Waals surface area contributed by atoms with E-state index in [0.29, 0.717) is 13.2 Å². The number of hydroxylamine groups is 1. The quantitative estimate of drug-likeness (QED) is 0.390. The van der Waals surface area contributed by atoms with E-state index in [1.807, 2.05) is 0 Å². The first kappa shape index (κ1) is 12.3. The second-order valence-electron chi connectivity index (χ2n) is 2.62. The third kappa shape index (κ3) is 11.3. The first-order chi connectivity index (χ1) is 6.27. The molecule has 5 nitrogen and oxygen atoms in total. The van der Waals surface area contributed by atoms with E-state index in [2.05, 4.69) is 12.4 Å². The number of amides is 1. The summed E-state index contributed by atoms with van der Waals surface area (Å²) in [6.45, 7) is 3.93. The Balaban J connectivity index is 2.87. The second kappa shape index (κ2) is 9.44. The summed E-state index contributed by atoms with van der Waals surface area (Å²) < 4.78 is 5.22. The molecular weight excluding hydrogens is 172 g/mol. The van der Waals surface area contributed by atoms with Gasteiger partial charge in [-0.1, -0.05) is 13.3 Å². The van der Waals surface area contributed by atoms with E-state index in [1.165, 1.54) is 0 Å². The van der Waals surface area contributed by atoms with Gasteiger partial charge in [-0.2, -0.15) is 5.48 Å². The smallest absolute Gasteiger partial charge is 0.245 e. The molecule has 0 aliphatic carbocycles. The van der Waals surface area contributed by atoms with Crippen molar-refractivity contribution in [2.75, 3.05) is 26.4 Å². The van der Waals surface area contributed by atoms with Gasteiger partial charge in [0.1, 0.15) is 6.61 Å². The highest BCUT2D eigenvalue weighted by atomic mass is 16.6. The SMILES string of the molecule is CCCCOCCNOCC(N)=O. The molecule has 78 valence electrons. The standard InChI is InChI=1S/C8H18N2O3/c1-2-3-5-12-6-4-10-13-7-8(9)11/h10H,2-7H2,1H3,(H2,9,11). The summed E-state index contributed by atoms with van der Waals surface area (Å²) in [4.78, 5) is 14.9. The first-order valence-electron chi connectivity index (χ1n) is 4.48. The minimum Gasteiger partial charge on any atom is -0.380 e. The van der Waals surface area contributed by atoms with Crippen molar-refractivity contribution in [3.05, 3.63) is 0 Å². The molecule has 0 heterocycles. The summed E-state index contributed by atoms with van der Waals surface area (Å²) in [5.41, 5.74) is 7.41. The van der Waals surface area contributed by atoms with Crippen LogP contribution in [0.1, 0.15) is 19.8 Å². The Hall–Kier alpha value is -0.650. The highest BCUT2D eigenvalue weighted by Gasteiger charge is 1.92. The minimum absolute atomic E-state index is 0.102. The normalized spacial score (nSPS) is 10.2. The van der Waals surface area contributed by atoms with Gasteiger partial charge in [0, 0.05) is 13.2 Å². The van der Waals surface area contributed by atoms with Crippen LogP contribution in [0.3, 0.4) is 0 Å². The fourth-order valence-electron chi connectivity index (χ4n) is 0.657. The van der Waals surface area contributed by atoms with Gasteiger partial charge in [-0.3, -0.25) is 9.63 Å². The van der Waals surface area contributed by atoms with Crippen LogP contribution in [-0.4, -0.2) is 32.3 Å². The lowest BCUT2D eigenvalue weighted by atomic mass is 10.4. The van der Waals surface area contributed by atoms with Crippen LogP contribution in [0.15, 0.2) is 0 Å². The zero-order valence-electron chi connectivity index (χ0n) is 8.04. The Labute approximate surface area is 78.5 Å². The molecule has 5 heteroatoms. The monoisotopic (exact) mass is 190 g/mol. The van der Waals surface area contributed by atoms with Gasteiger partial charge < -0.3 is 10.5 Å². The zero-order chi connectivity index (χ0) is 9.94. The molecule has 0 atom stereocenters. The molecule has 3 N–H and O–H groups in total. The lowest BCUT2D eigenvalue weighted by Crippen LogP contribution is -2.27. The van der Waals surface area contributed by atoms with Crippen molar-refractivity contribution in [2.24, 2.45) is 5.73 Å². The predicted octanol–water partition coefficient (Wildman–Crippen LogP) is -0.190. The van der Waals surface area contributed by atoms with Crippen LogP contribution in [0.2, 0.25) is 0 Å². The number of primary amides is 1. The van der Waals surface area contributed by atoms with Gasteiger partial charge in [-0.15, -0.1) is 0 Å². The van der Waals surface area contributed by atoms with Crippen molar-refractivity contribution in [3.8, 4) is 0 Å². The summed E-state index contributed by atoms with van der Waals surface area (Å²) in [5.74, 6) is -0.487. The van der Waals surface area contributed by atoms with Crippen molar-refractivity contribution in [1.29, 1.82) is 0 Å². The molecular formula is C8H18N2O3. The average molecular weight is 190 g/mol. The number of hydrogen-bond donors (Lipinski definition) is 2. The summed E-state index contributed by atoms with van der Waals surface area (Å²) in [7, 11) is 0. The zero-order valence-corrected chi connectivity index (χ0v) is 8.04. The van der Waals surface area contributed by atoms with Crippen molar-refractivity contribution < 1.29 is 14.4 Å². The topological polar surface area (TPSA) is 73.6 Å². The van der Waals surface area contributed by atoms with Crippen LogP contribution in [-0.2, 0) is 14.4 Å². The van der Waals surface area contributed by atoms with Gasteiger partial charge in [0.25, 0.3) is 0 Å². The first-order valence-corrected chi connectivity index (χ1v) is 4.48. The van der Waals surface area contributed by atoms with Gasteiger partial charge in [0.15, 0.2) is 0 Å². The molecule has 0 fully saturated rings. The Bertz CT molecular complexity index is 131. The summed E-state index contributed by atoms with van der Waals surface area (Å²) >= 11 is 0. The summed E-state index contributed by atoms with van der Waals surface area (Å²) in [5, 5.41) is 0. The van der Waals surface area contributed by atoms with Gasteiger partial charge in [0.05, 0.1) is 6.61 Å². The molecule has 0 aromatic carbocycles. The molecule has 0 bridgehead atoms. The van der Waals surface area contributed by atoms with Crippen LogP contribution in [0.4, 0.5) is 0 Å². The number of hydrogen-bond acceptors (Lipinski definition) is 4. The average Bonchev–Trinajstić information content (AvgIpc) is 2.09. The van der Waals surface area contributed by atoms with Gasteiger partial charge >= 0.3 is 0 Å². The number of carbonyl (C=O) groups excluding carboxylic acids is 1. The maximum Gasteiger partial charge on any atom is 0.245 e. The maximum absolute atomic E-state index is 10.2. The van der Waals surface area contributed by atoms with Crippen LogP contribution in [0.5, 0.6) is 0 Å². The van der Waals surface area contributed by atoms with E-state index in [4.69, 9.17) is 15.3 Å². The highest BCUT2D eigenvalue weighted by molar-refractivity contribution is 5.74. The molecule has 0 unspecified atom stereocenters. The summed E-state index contributed by atoms with van der Waals surface area (Å²) in [6.07, 6.45) is 2.20. The minimum atomic E-state index is -0.487. The number of rotatable bonds is 9. The molecule has 1 amide bonds. The lowest BCUT2D eigenvalue weighted by Gasteiger charge is -2.04. The number of carbonyl (C=O) groups is 1. The molecule has 0 saturated heterocycles. The molecule has 0 aromatic heterocycles. The number of ether oxygens (including phenoxy) is 1. The van der Waals surface area contributed by atoms with Gasteiger partial charge in [-0.05, 0) is 6.42 Å². The van der Waals surface area contributed by atoms with Crippen LogP contribution < -0.4 is 11.2 Å². The Morgan fingerprint density at radius 1 is 1.46 bits per heavy atom. The van der Waals surface area contributed by atoms with E-state index in [1.54, 1.807) is 0 Å². The molecule has 0 rings (SSSR count). The van der Waals surface area contributed by atoms with Crippen molar-refractivity contribution in [1.82, 2.24) is 5.48 Å². The maximum atomic E-state index is 10.2. The van der Waals surface area contributed by atoms with Crippen molar-refractivity contribution in [2.45, 2.75) is 19.8 Å². The van der Waals surface area contributed by atoms with E-state index in [-0.39, 0.29) is 6.61 Å². The molecule has 0 radical (unpaired) electrons. The fourth-order valence-corrected chi connectivity index (χ4v) is 0.657. The Kier molecular flexibility index (Phi) is 8.97. The Morgan fingerprint density at radius 3 is 2.85 bits per heavy atom. The lowest BCUT2D eigenvalue weighted by molar-refractivity contribution is -0.125. The largest absolute Gasteiger partial charge is 0.380 e.